The number of nitrogens with zero attached hydrogens (tertiary/aromatic N) is 1. The molecule has 3 rings (SSSR count). The van der Waals surface area contributed by atoms with Crippen molar-refractivity contribution in [2.45, 2.75) is 78.0 Å². The Kier molecular flexibility index (Phi) is 10.3. The molecule has 36 heavy (non-hydrogen) atoms. The van der Waals surface area contributed by atoms with Crippen LogP contribution in [0.2, 0.25) is 0 Å². The molecule has 0 unspecified atom stereocenters. The second-order valence-electron chi connectivity index (χ2n) is 10.0. The Bertz CT molecular complexity index is 1030. The maximum Gasteiger partial charge on any atom is 0.336 e. The number of hydrogen-bond donors (Lipinski definition) is 2. The van der Waals surface area contributed by atoms with Crippen LogP contribution in [-0.2, 0) is 36.8 Å². The van der Waals surface area contributed by atoms with Gasteiger partial charge in [-0.1, -0.05) is 45.4 Å². The predicted octanol–water partition coefficient (Wildman–Crippen LogP) is 3.60. The van der Waals surface area contributed by atoms with E-state index in [-0.39, 0.29) is 17.7 Å². The van der Waals surface area contributed by atoms with Gasteiger partial charge >= 0.3 is 5.97 Å². The molecule has 2 bridgehead atoms. The van der Waals surface area contributed by atoms with Crippen LogP contribution in [-0.4, -0.2) is 54.8 Å². The minimum atomic E-state index is -1.01. The lowest BCUT2D eigenvalue weighted by atomic mass is 9.90. The number of unbranched alkanes of at least 4 members (excludes halogenated alkanes) is 1. The summed E-state index contributed by atoms with van der Waals surface area (Å²) in [6.07, 6.45) is 5.12. The van der Waals surface area contributed by atoms with E-state index in [1.165, 1.54) is 0 Å². The second kappa shape index (κ2) is 13.4. The zero-order chi connectivity index (χ0) is 26.1. The summed E-state index contributed by atoms with van der Waals surface area (Å²) in [6, 6.07) is 7.33. The molecule has 2 N–H and O–H groups in total. The summed E-state index contributed by atoms with van der Waals surface area (Å²) in [7, 11) is 1.56. The highest BCUT2D eigenvalue weighted by atomic mass is 16.6. The summed E-state index contributed by atoms with van der Waals surface area (Å²) in [5.74, 6) is -1.76. The number of fused-ring (bicyclic) bond motifs is 5. The number of carbonyl (C=O) groups is 3. The average molecular weight is 500 g/mol. The van der Waals surface area contributed by atoms with Gasteiger partial charge in [0.25, 0.3) is 0 Å². The SMILES string of the molecule is CCCCOC(=O)[C@H]1OCCCCn2cc(c3ccccc32)C[C@@H](C(=O)NC)NC(=O)[C@@H]1CC(C)C. The average Bonchev–Trinajstić information content (AvgIpc) is 3.20. The molecule has 2 amide bonds. The van der Waals surface area contributed by atoms with Crippen molar-refractivity contribution >= 4 is 28.7 Å². The second-order valence-corrected chi connectivity index (χ2v) is 10.0. The maximum absolute atomic E-state index is 13.6. The highest BCUT2D eigenvalue weighted by Gasteiger charge is 2.38. The first-order valence-corrected chi connectivity index (χ1v) is 13.2. The van der Waals surface area contributed by atoms with Crippen molar-refractivity contribution in [2.75, 3.05) is 20.3 Å². The molecule has 2 heterocycles. The molecule has 0 saturated carbocycles. The van der Waals surface area contributed by atoms with E-state index < -0.39 is 24.0 Å². The van der Waals surface area contributed by atoms with Gasteiger partial charge in [-0.2, -0.15) is 0 Å². The van der Waals surface area contributed by atoms with Gasteiger partial charge in [0.1, 0.15) is 6.04 Å². The van der Waals surface area contributed by atoms with Crippen molar-refractivity contribution in [3.05, 3.63) is 36.0 Å². The first-order valence-electron chi connectivity index (χ1n) is 13.2. The standard InChI is InChI=1S/C28H41N3O5/c1-5-6-14-36-28(34)25-22(16-19(2)3)26(32)30-23(27(33)29-4)17-20-18-31(13-9-10-15-35-25)24-12-8-7-11-21(20)24/h7-8,11-12,18-19,22-23,25H,5-6,9-10,13-17H2,1-4H3,(H,29,33)(H,30,32)/t22-,23+,25+/m1/s1. The Labute approximate surface area is 214 Å². The number of esters is 1. The van der Waals surface area contributed by atoms with E-state index in [4.69, 9.17) is 9.47 Å². The largest absolute Gasteiger partial charge is 0.464 e. The van der Waals surface area contributed by atoms with Crippen LogP contribution in [0.25, 0.3) is 10.9 Å². The molecule has 0 saturated heterocycles. The molecular formula is C28H41N3O5. The van der Waals surface area contributed by atoms with E-state index in [1.807, 2.05) is 32.9 Å². The van der Waals surface area contributed by atoms with Gasteiger partial charge in [0.2, 0.25) is 11.8 Å². The summed E-state index contributed by atoms with van der Waals surface area (Å²) in [6.45, 7) is 7.47. The van der Waals surface area contributed by atoms with Crippen LogP contribution in [0.15, 0.2) is 30.5 Å². The Balaban J connectivity index is 1.96. The molecule has 3 atom stereocenters. The summed E-state index contributed by atoms with van der Waals surface area (Å²) in [4.78, 5) is 39.6. The zero-order valence-electron chi connectivity index (χ0n) is 22.0. The van der Waals surface area contributed by atoms with Crippen LogP contribution in [0.4, 0.5) is 0 Å². The summed E-state index contributed by atoms with van der Waals surface area (Å²) < 4.78 is 13.7. The van der Waals surface area contributed by atoms with E-state index in [9.17, 15) is 14.4 Å². The number of aromatic nitrogens is 1. The normalized spacial score (nSPS) is 21.6. The molecule has 1 aliphatic rings. The van der Waals surface area contributed by atoms with Crippen molar-refractivity contribution in [3.8, 4) is 0 Å². The lowest BCUT2D eigenvalue weighted by Gasteiger charge is -2.28. The molecule has 8 nitrogen and oxygen atoms in total. The first kappa shape index (κ1) is 27.7. The fraction of sp³-hybridized carbons (Fsp3) is 0.607. The smallest absolute Gasteiger partial charge is 0.336 e. The number of carbonyl (C=O) groups excluding carboxylic acids is 3. The van der Waals surface area contributed by atoms with Crippen LogP contribution < -0.4 is 10.6 Å². The molecule has 2 aromatic rings. The molecule has 0 fully saturated rings. The number of aryl methyl sites for hydroxylation is 1. The number of likely N-dealkylation sites (N-methyl/N-ethyl adjacent to an activating group) is 1. The van der Waals surface area contributed by atoms with Crippen LogP contribution >= 0.6 is 0 Å². The van der Waals surface area contributed by atoms with Gasteiger partial charge in [-0.3, -0.25) is 9.59 Å². The van der Waals surface area contributed by atoms with Gasteiger partial charge in [0, 0.05) is 43.7 Å². The molecule has 1 aromatic carbocycles. The Morgan fingerprint density at radius 1 is 1.25 bits per heavy atom. The number of ether oxygens (including phenoxy) is 2. The van der Waals surface area contributed by atoms with E-state index in [1.54, 1.807) is 7.05 Å². The third-order valence-electron chi connectivity index (χ3n) is 6.67. The third-order valence-corrected chi connectivity index (χ3v) is 6.67. The molecule has 198 valence electrons. The van der Waals surface area contributed by atoms with Gasteiger partial charge < -0.3 is 24.7 Å². The minimum absolute atomic E-state index is 0.144. The molecule has 1 aromatic heterocycles. The van der Waals surface area contributed by atoms with Crippen LogP contribution in [0, 0.1) is 11.8 Å². The molecule has 8 heteroatoms. The van der Waals surface area contributed by atoms with Gasteiger partial charge in [-0.25, -0.2) is 4.79 Å². The summed E-state index contributed by atoms with van der Waals surface area (Å²) >= 11 is 0. The fourth-order valence-corrected chi connectivity index (χ4v) is 4.77. The van der Waals surface area contributed by atoms with Crippen molar-refractivity contribution in [3.63, 3.8) is 0 Å². The number of nitrogens with one attached hydrogen (secondary N) is 2. The summed E-state index contributed by atoms with van der Waals surface area (Å²) in [5.41, 5.74) is 2.10. The first-order chi connectivity index (χ1) is 17.3. The minimum Gasteiger partial charge on any atom is -0.464 e. The predicted molar refractivity (Wildman–Crippen MR) is 139 cm³/mol. The van der Waals surface area contributed by atoms with E-state index in [0.29, 0.717) is 26.1 Å². The number of amides is 2. The number of para-hydroxylation sites is 1. The van der Waals surface area contributed by atoms with Crippen molar-refractivity contribution in [1.29, 1.82) is 0 Å². The number of rotatable bonds is 7. The van der Waals surface area contributed by atoms with E-state index >= 15 is 0 Å². The molecular weight excluding hydrogens is 458 g/mol. The lowest BCUT2D eigenvalue weighted by Crippen LogP contribution is -2.52. The van der Waals surface area contributed by atoms with Crippen LogP contribution in [0.1, 0.15) is 58.4 Å². The van der Waals surface area contributed by atoms with E-state index in [2.05, 4.69) is 33.5 Å². The highest BCUT2D eigenvalue weighted by Crippen LogP contribution is 2.25. The van der Waals surface area contributed by atoms with Crippen molar-refractivity contribution < 1.29 is 23.9 Å². The van der Waals surface area contributed by atoms with Gasteiger partial charge in [0.05, 0.1) is 12.5 Å². The third kappa shape index (κ3) is 7.09. The Morgan fingerprint density at radius 3 is 2.75 bits per heavy atom. The van der Waals surface area contributed by atoms with Gasteiger partial charge in [-0.15, -0.1) is 0 Å². The lowest BCUT2D eigenvalue weighted by molar-refractivity contribution is -0.165. The van der Waals surface area contributed by atoms with Crippen molar-refractivity contribution in [2.24, 2.45) is 11.8 Å². The number of hydrogen-bond acceptors (Lipinski definition) is 5. The molecule has 0 spiro atoms. The van der Waals surface area contributed by atoms with Gasteiger partial charge in [0.15, 0.2) is 6.10 Å². The highest BCUT2D eigenvalue weighted by molar-refractivity contribution is 5.92. The maximum atomic E-state index is 13.6. The summed E-state index contributed by atoms with van der Waals surface area (Å²) in [5, 5.41) is 6.70. The Morgan fingerprint density at radius 2 is 2.03 bits per heavy atom. The number of benzene rings is 1. The zero-order valence-corrected chi connectivity index (χ0v) is 22.0. The van der Waals surface area contributed by atoms with Crippen LogP contribution in [0.3, 0.4) is 0 Å². The Hall–Kier alpha value is -2.87. The topological polar surface area (TPSA) is 98.7 Å². The monoisotopic (exact) mass is 499 g/mol. The molecule has 1 aliphatic heterocycles. The van der Waals surface area contributed by atoms with Crippen LogP contribution in [0.5, 0.6) is 0 Å². The van der Waals surface area contributed by atoms with Crippen molar-refractivity contribution in [1.82, 2.24) is 15.2 Å². The van der Waals surface area contributed by atoms with Gasteiger partial charge in [-0.05, 0) is 43.2 Å². The molecule has 0 aliphatic carbocycles. The van der Waals surface area contributed by atoms with E-state index in [0.717, 1.165) is 48.7 Å². The quantitative estimate of drug-likeness (QED) is 0.448. The molecule has 0 radical (unpaired) electrons. The fourth-order valence-electron chi connectivity index (χ4n) is 4.77.